The van der Waals surface area contributed by atoms with Crippen LogP contribution >= 0.6 is 11.3 Å². The molecule has 6 aromatic carbocycles. The molecule has 9 aromatic rings. The second kappa shape index (κ2) is 11.4. The molecule has 3 nitrogen and oxygen atoms in total. The Morgan fingerprint density at radius 1 is 0.404 bits per heavy atom. The van der Waals surface area contributed by atoms with E-state index in [4.69, 9.17) is 15.0 Å². The van der Waals surface area contributed by atoms with Crippen molar-refractivity contribution in [2.45, 2.75) is 0 Å². The van der Waals surface area contributed by atoms with Crippen LogP contribution in [0.15, 0.2) is 164 Å². The van der Waals surface area contributed by atoms with E-state index >= 15 is 0 Å². The van der Waals surface area contributed by atoms with E-state index in [0.717, 1.165) is 44.9 Å². The van der Waals surface area contributed by atoms with Crippen molar-refractivity contribution in [1.29, 1.82) is 0 Å². The van der Waals surface area contributed by atoms with Crippen LogP contribution in [0.4, 0.5) is 0 Å². The molecule has 3 heterocycles. The Hall–Kier alpha value is -5.97. The fourth-order valence-corrected chi connectivity index (χ4v) is 7.71. The number of fused-ring (bicyclic) bond motifs is 5. The number of hydrogen-bond acceptors (Lipinski definition) is 4. The highest BCUT2D eigenvalue weighted by molar-refractivity contribution is 7.26. The number of benzene rings is 6. The minimum Gasteiger partial charge on any atom is -0.247 e. The van der Waals surface area contributed by atoms with E-state index in [0.29, 0.717) is 5.82 Å². The third-order valence-corrected chi connectivity index (χ3v) is 9.89. The lowest BCUT2D eigenvalue weighted by atomic mass is 9.96. The highest BCUT2D eigenvalue weighted by Crippen LogP contribution is 2.45. The van der Waals surface area contributed by atoms with Gasteiger partial charge in [0.05, 0.1) is 22.6 Å². The first-order chi connectivity index (χ1) is 23.3. The molecular formula is C43H27N3S. The average molecular weight is 618 g/mol. The molecule has 0 saturated heterocycles. The number of thiophene rings is 1. The van der Waals surface area contributed by atoms with Crippen LogP contribution in [0.3, 0.4) is 0 Å². The molecular weight excluding hydrogens is 591 g/mol. The number of pyridine rings is 1. The summed E-state index contributed by atoms with van der Waals surface area (Å²) in [6.45, 7) is 0. The lowest BCUT2D eigenvalue weighted by molar-refractivity contribution is 1.18. The summed E-state index contributed by atoms with van der Waals surface area (Å²) < 4.78 is 2.53. The van der Waals surface area contributed by atoms with Gasteiger partial charge in [-0.15, -0.1) is 11.3 Å². The summed E-state index contributed by atoms with van der Waals surface area (Å²) in [6, 6.07) is 57.0. The number of hydrogen-bond donors (Lipinski definition) is 0. The van der Waals surface area contributed by atoms with Crippen molar-refractivity contribution in [3.8, 4) is 56.3 Å². The third-order valence-electron chi connectivity index (χ3n) is 8.70. The Bertz CT molecular complexity index is 2480. The highest BCUT2D eigenvalue weighted by atomic mass is 32.1. The van der Waals surface area contributed by atoms with Gasteiger partial charge in [-0.25, -0.2) is 15.0 Å². The van der Waals surface area contributed by atoms with Gasteiger partial charge in [-0.3, -0.25) is 0 Å². The van der Waals surface area contributed by atoms with Crippen molar-refractivity contribution in [3.05, 3.63) is 164 Å². The highest BCUT2D eigenvalue weighted by Gasteiger charge is 2.19. The van der Waals surface area contributed by atoms with Crippen LogP contribution in [-0.2, 0) is 0 Å². The molecule has 0 unspecified atom stereocenters. The summed E-state index contributed by atoms with van der Waals surface area (Å²) in [5.41, 5.74) is 10.3. The maximum atomic E-state index is 5.37. The normalized spacial score (nSPS) is 11.4. The predicted octanol–water partition coefficient (Wildman–Crippen LogP) is 11.7. The summed E-state index contributed by atoms with van der Waals surface area (Å²) in [6.07, 6.45) is 0. The van der Waals surface area contributed by atoms with Crippen LogP contribution in [0.5, 0.6) is 0 Å². The monoisotopic (exact) mass is 617 g/mol. The van der Waals surface area contributed by atoms with Gasteiger partial charge in [0.2, 0.25) is 0 Å². The van der Waals surface area contributed by atoms with Crippen LogP contribution in [0.2, 0.25) is 0 Å². The Balaban J connectivity index is 1.22. The van der Waals surface area contributed by atoms with Crippen LogP contribution in [0, 0.1) is 0 Å². The maximum absolute atomic E-state index is 5.37. The van der Waals surface area contributed by atoms with Gasteiger partial charge in [-0.05, 0) is 29.3 Å². The Labute approximate surface area is 276 Å². The van der Waals surface area contributed by atoms with Gasteiger partial charge in [0.25, 0.3) is 0 Å². The number of aromatic nitrogens is 3. The molecule has 0 radical (unpaired) electrons. The van der Waals surface area contributed by atoms with Crippen LogP contribution in [-0.4, -0.2) is 15.0 Å². The zero-order valence-electron chi connectivity index (χ0n) is 25.3. The zero-order valence-corrected chi connectivity index (χ0v) is 26.2. The topological polar surface area (TPSA) is 38.7 Å². The van der Waals surface area contributed by atoms with Crippen LogP contribution < -0.4 is 0 Å². The van der Waals surface area contributed by atoms with E-state index in [1.54, 1.807) is 0 Å². The zero-order chi connectivity index (χ0) is 31.2. The quantitative estimate of drug-likeness (QED) is 0.193. The minimum atomic E-state index is 0.696. The summed E-state index contributed by atoms with van der Waals surface area (Å²) >= 11 is 1.85. The van der Waals surface area contributed by atoms with Gasteiger partial charge in [-0.2, -0.15) is 0 Å². The van der Waals surface area contributed by atoms with Crippen molar-refractivity contribution in [2.24, 2.45) is 0 Å². The second-order valence-corrected chi connectivity index (χ2v) is 12.7. The first kappa shape index (κ1) is 27.3. The smallest absolute Gasteiger partial charge is 0.160 e. The molecule has 4 heteroatoms. The fourth-order valence-electron chi connectivity index (χ4n) is 6.44. The Kier molecular flexibility index (Phi) is 6.65. The molecule has 0 aliphatic rings. The summed E-state index contributed by atoms with van der Waals surface area (Å²) in [4.78, 5) is 15.4. The first-order valence-corrected chi connectivity index (χ1v) is 16.5. The molecule has 0 N–H and O–H groups in total. The molecule has 0 saturated carbocycles. The van der Waals surface area contributed by atoms with E-state index in [2.05, 4.69) is 127 Å². The molecule has 0 aliphatic carbocycles. The first-order valence-electron chi connectivity index (χ1n) is 15.7. The van der Waals surface area contributed by atoms with Crippen molar-refractivity contribution in [1.82, 2.24) is 15.0 Å². The van der Waals surface area contributed by atoms with E-state index in [1.165, 1.54) is 36.7 Å². The van der Waals surface area contributed by atoms with E-state index in [1.807, 2.05) is 47.7 Å². The second-order valence-electron chi connectivity index (χ2n) is 11.6. The van der Waals surface area contributed by atoms with Crippen LogP contribution in [0.25, 0.3) is 87.4 Å². The Morgan fingerprint density at radius 3 is 1.64 bits per heavy atom. The average Bonchev–Trinajstić information content (AvgIpc) is 3.55. The minimum absolute atomic E-state index is 0.696. The molecule has 0 aliphatic heterocycles. The van der Waals surface area contributed by atoms with Crippen molar-refractivity contribution < 1.29 is 0 Å². The maximum Gasteiger partial charge on any atom is 0.160 e. The van der Waals surface area contributed by atoms with Crippen LogP contribution in [0.1, 0.15) is 0 Å². The summed E-state index contributed by atoms with van der Waals surface area (Å²) in [5, 5.41) is 3.63. The van der Waals surface area contributed by atoms with Gasteiger partial charge in [0.1, 0.15) is 0 Å². The molecule has 3 aromatic heterocycles. The third kappa shape index (κ3) is 4.87. The molecule has 0 bridgehead atoms. The molecule has 0 atom stereocenters. The molecule has 0 amide bonds. The number of nitrogens with zero attached hydrogens (tertiary/aromatic N) is 3. The summed E-state index contributed by atoms with van der Waals surface area (Å²) in [5.74, 6) is 0.696. The van der Waals surface area contributed by atoms with Gasteiger partial charge in [0.15, 0.2) is 5.82 Å². The largest absolute Gasteiger partial charge is 0.247 e. The standard InChI is InChI=1S/C43H27N3S/c1-4-13-28(14-5-1)33-20-12-21-35-39(33)42-40(34-19-10-11-22-38(34)47-42)41(44-35)31-23-25-32(26-24-31)43-45-36(29-15-6-2-7-16-29)27-37(46-43)30-17-8-3-9-18-30/h1-27H. The molecule has 0 fully saturated rings. The molecule has 9 rings (SSSR count). The van der Waals surface area contributed by atoms with E-state index in [-0.39, 0.29) is 0 Å². The number of rotatable bonds is 5. The van der Waals surface area contributed by atoms with Gasteiger partial charge < -0.3 is 0 Å². The predicted molar refractivity (Wildman–Crippen MR) is 197 cm³/mol. The van der Waals surface area contributed by atoms with Crippen molar-refractivity contribution in [3.63, 3.8) is 0 Å². The van der Waals surface area contributed by atoms with Gasteiger partial charge >= 0.3 is 0 Å². The molecule has 0 spiro atoms. The SMILES string of the molecule is c1ccc(-c2cc(-c3ccccc3)nc(-c3ccc(-c4nc5cccc(-c6ccccc6)c5c5sc6ccccc6c45)cc3)n2)cc1. The van der Waals surface area contributed by atoms with Crippen molar-refractivity contribution in [2.75, 3.05) is 0 Å². The molecule has 47 heavy (non-hydrogen) atoms. The van der Waals surface area contributed by atoms with E-state index in [9.17, 15) is 0 Å². The molecule has 220 valence electrons. The Morgan fingerprint density at radius 2 is 0.979 bits per heavy atom. The van der Waals surface area contributed by atoms with Crippen molar-refractivity contribution >= 4 is 42.4 Å². The lowest BCUT2D eigenvalue weighted by Crippen LogP contribution is -1.96. The lowest BCUT2D eigenvalue weighted by Gasteiger charge is -2.12. The van der Waals surface area contributed by atoms with Gasteiger partial charge in [0, 0.05) is 47.8 Å². The van der Waals surface area contributed by atoms with Gasteiger partial charge in [-0.1, -0.05) is 146 Å². The summed E-state index contributed by atoms with van der Waals surface area (Å²) in [7, 11) is 0. The van der Waals surface area contributed by atoms with E-state index < -0.39 is 0 Å². The fraction of sp³-hybridized carbons (Fsp3) is 0.